The van der Waals surface area contributed by atoms with Gasteiger partial charge in [-0.25, -0.2) is 4.39 Å². The number of carbonyl (C=O) groups is 1. The summed E-state index contributed by atoms with van der Waals surface area (Å²) in [5, 5.41) is 6.26. The lowest BCUT2D eigenvalue weighted by molar-refractivity contribution is -0.124. The normalized spacial score (nSPS) is 19.5. The molecule has 0 aliphatic carbocycles. The Kier molecular flexibility index (Phi) is 7.63. The van der Waals surface area contributed by atoms with Gasteiger partial charge in [0.05, 0.1) is 10.5 Å². The molecule has 1 saturated heterocycles. The highest BCUT2D eigenvalue weighted by Gasteiger charge is 2.21. The number of nitrogens with one attached hydrogen (secondary N) is 2. The third-order valence-electron chi connectivity index (χ3n) is 3.54. The number of halogens is 3. The summed E-state index contributed by atoms with van der Waals surface area (Å²) >= 11 is 3.18. The molecule has 1 aromatic rings. The molecule has 118 valence electrons. The highest BCUT2D eigenvalue weighted by Crippen LogP contribution is 2.18. The van der Waals surface area contributed by atoms with Crippen molar-refractivity contribution >= 4 is 34.2 Å². The topological polar surface area (TPSA) is 41.1 Å². The first kappa shape index (κ1) is 18.4. The van der Waals surface area contributed by atoms with Crippen LogP contribution in [0.1, 0.15) is 31.7 Å². The van der Waals surface area contributed by atoms with Crippen LogP contribution in [0, 0.1) is 5.82 Å². The lowest BCUT2D eigenvalue weighted by Gasteiger charge is -2.24. The minimum atomic E-state index is -0.267. The van der Waals surface area contributed by atoms with E-state index in [-0.39, 0.29) is 36.2 Å². The van der Waals surface area contributed by atoms with Crippen LogP contribution in [0.3, 0.4) is 0 Å². The van der Waals surface area contributed by atoms with Gasteiger partial charge in [-0.05, 0) is 66.4 Å². The maximum atomic E-state index is 13.2. The van der Waals surface area contributed by atoms with Gasteiger partial charge < -0.3 is 10.6 Å². The molecule has 2 atom stereocenters. The van der Waals surface area contributed by atoms with Crippen LogP contribution in [0.25, 0.3) is 0 Å². The van der Waals surface area contributed by atoms with Crippen LogP contribution >= 0.6 is 28.3 Å². The molecular formula is C15H21BrClFN2O. The average Bonchev–Trinajstić information content (AvgIpc) is 2.44. The lowest BCUT2D eigenvalue weighted by atomic mass is 10.0. The predicted molar refractivity (Wildman–Crippen MR) is 88.3 cm³/mol. The molecule has 21 heavy (non-hydrogen) atoms. The molecular weight excluding hydrogens is 359 g/mol. The number of hydrogen-bond acceptors (Lipinski definition) is 2. The predicted octanol–water partition coefficient (Wildman–Crippen LogP) is 3.20. The van der Waals surface area contributed by atoms with E-state index in [1.807, 2.05) is 6.92 Å². The Hall–Kier alpha value is -0.650. The van der Waals surface area contributed by atoms with Gasteiger partial charge in [0.15, 0.2) is 0 Å². The first-order valence-electron chi connectivity index (χ1n) is 7.04. The number of amides is 1. The fourth-order valence-corrected chi connectivity index (χ4v) is 2.92. The Balaban J connectivity index is 0.00000220. The molecule has 1 aliphatic heterocycles. The Morgan fingerprint density at radius 2 is 2.29 bits per heavy atom. The molecule has 0 bridgehead atoms. The van der Waals surface area contributed by atoms with Crippen molar-refractivity contribution < 1.29 is 9.18 Å². The van der Waals surface area contributed by atoms with Gasteiger partial charge in [0, 0.05) is 6.04 Å². The number of rotatable bonds is 4. The number of benzene rings is 1. The van der Waals surface area contributed by atoms with Crippen molar-refractivity contribution in [1.29, 1.82) is 0 Å². The van der Waals surface area contributed by atoms with Crippen molar-refractivity contribution in [3.05, 3.63) is 34.1 Å². The van der Waals surface area contributed by atoms with E-state index in [4.69, 9.17) is 0 Å². The van der Waals surface area contributed by atoms with E-state index in [0.717, 1.165) is 31.4 Å². The van der Waals surface area contributed by atoms with Gasteiger partial charge in [-0.1, -0.05) is 12.5 Å². The molecule has 0 radical (unpaired) electrons. The van der Waals surface area contributed by atoms with Gasteiger partial charge in [0.2, 0.25) is 5.91 Å². The first-order chi connectivity index (χ1) is 9.56. The molecule has 0 aromatic heterocycles. The average molecular weight is 380 g/mol. The number of hydrogen-bond donors (Lipinski definition) is 2. The van der Waals surface area contributed by atoms with Crippen molar-refractivity contribution in [3.63, 3.8) is 0 Å². The van der Waals surface area contributed by atoms with E-state index in [1.54, 1.807) is 12.1 Å². The Morgan fingerprint density at radius 1 is 1.52 bits per heavy atom. The summed E-state index contributed by atoms with van der Waals surface area (Å²) in [5.41, 5.74) is 1.00. The summed E-state index contributed by atoms with van der Waals surface area (Å²) in [6.45, 7) is 2.88. The third-order valence-corrected chi connectivity index (χ3v) is 4.15. The van der Waals surface area contributed by atoms with Gasteiger partial charge in [-0.2, -0.15) is 0 Å². The van der Waals surface area contributed by atoms with E-state index in [0.29, 0.717) is 10.9 Å². The lowest BCUT2D eigenvalue weighted by Crippen LogP contribution is -2.49. The third kappa shape index (κ3) is 5.57. The maximum Gasteiger partial charge on any atom is 0.237 e. The Bertz CT molecular complexity index is 481. The quantitative estimate of drug-likeness (QED) is 0.843. The van der Waals surface area contributed by atoms with Crippen LogP contribution in [-0.2, 0) is 11.2 Å². The summed E-state index contributed by atoms with van der Waals surface area (Å²) in [5.74, 6) is -0.199. The van der Waals surface area contributed by atoms with Gasteiger partial charge in [0.25, 0.3) is 0 Å². The fraction of sp³-hybridized carbons (Fsp3) is 0.533. The first-order valence-corrected chi connectivity index (χ1v) is 7.83. The summed E-state index contributed by atoms with van der Waals surface area (Å²) < 4.78 is 13.6. The van der Waals surface area contributed by atoms with Crippen LogP contribution < -0.4 is 10.6 Å². The molecule has 2 unspecified atom stereocenters. The van der Waals surface area contributed by atoms with Gasteiger partial charge in [-0.3, -0.25) is 4.79 Å². The zero-order valence-electron chi connectivity index (χ0n) is 12.0. The van der Waals surface area contributed by atoms with Crippen molar-refractivity contribution in [3.8, 4) is 0 Å². The zero-order valence-corrected chi connectivity index (χ0v) is 14.4. The van der Waals surface area contributed by atoms with Gasteiger partial charge >= 0.3 is 0 Å². The van der Waals surface area contributed by atoms with E-state index in [2.05, 4.69) is 26.6 Å². The van der Waals surface area contributed by atoms with E-state index in [9.17, 15) is 9.18 Å². The molecule has 2 rings (SSSR count). The minimum absolute atomic E-state index is 0. The van der Waals surface area contributed by atoms with Crippen molar-refractivity contribution in [2.45, 2.75) is 44.7 Å². The molecule has 1 fully saturated rings. The SMILES string of the molecule is CC(Cc1ccc(F)c(Br)c1)NC(=O)C1CCCCN1.Cl. The highest BCUT2D eigenvalue weighted by molar-refractivity contribution is 9.10. The van der Waals surface area contributed by atoms with Crippen molar-refractivity contribution in [2.75, 3.05) is 6.54 Å². The second-order valence-corrected chi connectivity index (χ2v) is 6.22. The zero-order chi connectivity index (χ0) is 14.5. The Morgan fingerprint density at radius 3 is 2.90 bits per heavy atom. The summed E-state index contributed by atoms with van der Waals surface area (Å²) in [7, 11) is 0. The summed E-state index contributed by atoms with van der Waals surface area (Å²) in [6.07, 6.45) is 3.84. The van der Waals surface area contributed by atoms with E-state index >= 15 is 0 Å². The smallest absolute Gasteiger partial charge is 0.237 e. The second-order valence-electron chi connectivity index (χ2n) is 5.36. The molecule has 2 N–H and O–H groups in total. The summed E-state index contributed by atoms with van der Waals surface area (Å²) in [4.78, 5) is 12.1. The largest absolute Gasteiger partial charge is 0.352 e. The fourth-order valence-electron chi connectivity index (χ4n) is 2.49. The Labute approximate surface area is 139 Å². The molecule has 6 heteroatoms. The minimum Gasteiger partial charge on any atom is -0.352 e. The molecule has 1 amide bonds. The number of piperidine rings is 1. The second kappa shape index (κ2) is 8.71. The van der Waals surface area contributed by atoms with E-state index < -0.39 is 0 Å². The van der Waals surface area contributed by atoms with Crippen molar-refractivity contribution in [1.82, 2.24) is 10.6 Å². The van der Waals surface area contributed by atoms with Gasteiger partial charge in [-0.15, -0.1) is 12.4 Å². The molecule has 3 nitrogen and oxygen atoms in total. The highest BCUT2D eigenvalue weighted by atomic mass is 79.9. The maximum absolute atomic E-state index is 13.2. The van der Waals surface area contributed by atoms with Crippen LogP contribution in [-0.4, -0.2) is 24.5 Å². The van der Waals surface area contributed by atoms with E-state index in [1.165, 1.54) is 6.07 Å². The molecule has 1 aromatic carbocycles. The van der Waals surface area contributed by atoms with Crippen LogP contribution in [0.4, 0.5) is 4.39 Å². The van der Waals surface area contributed by atoms with Crippen LogP contribution in [0.5, 0.6) is 0 Å². The van der Waals surface area contributed by atoms with Crippen LogP contribution in [0.15, 0.2) is 22.7 Å². The number of carbonyl (C=O) groups excluding carboxylic acids is 1. The summed E-state index contributed by atoms with van der Waals surface area (Å²) in [6, 6.07) is 4.92. The van der Waals surface area contributed by atoms with Crippen molar-refractivity contribution in [2.24, 2.45) is 0 Å². The monoisotopic (exact) mass is 378 g/mol. The molecule has 1 heterocycles. The van der Waals surface area contributed by atoms with Gasteiger partial charge in [0.1, 0.15) is 5.82 Å². The molecule has 0 spiro atoms. The molecule has 1 aliphatic rings. The molecule has 0 saturated carbocycles. The standard InChI is InChI=1S/C15H20BrFN2O.ClH/c1-10(8-11-5-6-13(17)12(16)9-11)19-15(20)14-4-2-3-7-18-14;/h5-6,9-10,14,18H,2-4,7-8H2,1H3,(H,19,20);1H. The van der Waals surface area contributed by atoms with Crippen LogP contribution in [0.2, 0.25) is 0 Å².